The lowest BCUT2D eigenvalue weighted by atomic mass is 10.0. The lowest BCUT2D eigenvalue weighted by Crippen LogP contribution is -2.39. The van der Waals surface area contributed by atoms with Gasteiger partial charge in [-0.25, -0.2) is 0 Å². The number of nitrogens with zero attached hydrogens (tertiary/aromatic N) is 1. The standard InChI is InChI=1S/C14H17IN2/c1-2-9-17-10-7-12(8-11-17)16-14-6-4-3-5-13(14)15/h1,3-6,12,16H,7-11H2. The molecule has 1 aliphatic heterocycles. The van der Waals surface area contributed by atoms with Crippen molar-refractivity contribution in [1.29, 1.82) is 0 Å². The van der Waals surface area contributed by atoms with E-state index < -0.39 is 0 Å². The summed E-state index contributed by atoms with van der Waals surface area (Å²) in [6.45, 7) is 2.99. The number of para-hydroxylation sites is 1. The molecule has 1 aromatic carbocycles. The first kappa shape index (κ1) is 12.7. The second-order valence-electron chi connectivity index (χ2n) is 4.38. The Morgan fingerprint density at radius 2 is 2.06 bits per heavy atom. The minimum absolute atomic E-state index is 0.583. The maximum Gasteiger partial charge on any atom is 0.0598 e. The Labute approximate surface area is 117 Å². The molecule has 90 valence electrons. The predicted molar refractivity (Wildman–Crippen MR) is 81.1 cm³/mol. The monoisotopic (exact) mass is 340 g/mol. The predicted octanol–water partition coefficient (Wildman–Crippen LogP) is 2.80. The van der Waals surface area contributed by atoms with Crippen LogP contribution in [-0.2, 0) is 0 Å². The van der Waals surface area contributed by atoms with Gasteiger partial charge in [-0.1, -0.05) is 18.1 Å². The first-order chi connectivity index (χ1) is 8.29. The fourth-order valence-corrected chi connectivity index (χ4v) is 2.71. The highest BCUT2D eigenvalue weighted by Crippen LogP contribution is 2.21. The Kier molecular flexibility index (Phi) is 4.69. The van der Waals surface area contributed by atoms with Crippen LogP contribution in [0.5, 0.6) is 0 Å². The summed E-state index contributed by atoms with van der Waals surface area (Å²) in [5.74, 6) is 2.72. The highest BCUT2D eigenvalue weighted by molar-refractivity contribution is 14.1. The van der Waals surface area contributed by atoms with Crippen LogP contribution in [0, 0.1) is 15.9 Å². The quantitative estimate of drug-likeness (QED) is 0.672. The van der Waals surface area contributed by atoms with E-state index in [1.807, 2.05) is 0 Å². The van der Waals surface area contributed by atoms with E-state index in [2.05, 4.69) is 63.0 Å². The number of anilines is 1. The Morgan fingerprint density at radius 1 is 1.35 bits per heavy atom. The molecule has 2 nitrogen and oxygen atoms in total. The molecule has 1 heterocycles. The number of hydrogen-bond acceptors (Lipinski definition) is 2. The van der Waals surface area contributed by atoms with Gasteiger partial charge in [-0.05, 0) is 47.6 Å². The van der Waals surface area contributed by atoms with Crippen molar-refractivity contribution in [3.63, 3.8) is 0 Å². The number of hydrogen-bond donors (Lipinski definition) is 1. The molecule has 3 heteroatoms. The fraction of sp³-hybridized carbons (Fsp3) is 0.429. The number of nitrogens with one attached hydrogen (secondary N) is 1. The van der Waals surface area contributed by atoms with Gasteiger partial charge in [-0.2, -0.15) is 0 Å². The molecule has 0 spiro atoms. The average molecular weight is 340 g/mol. The molecular weight excluding hydrogens is 323 g/mol. The maximum absolute atomic E-state index is 5.33. The van der Waals surface area contributed by atoms with E-state index in [4.69, 9.17) is 6.42 Å². The highest BCUT2D eigenvalue weighted by Gasteiger charge is 2.18. The van der Waals surface area contributed by atoms with Crippen LogP contribution in [0.25, 0.3) is 0 Å². The molecule has 1 saturated heterocycles. The average Bonchev–Trinajstić information content (AvgIpc) is 2.35. The number of piperidine rings is 1. The van der Waals surface area contributed by atoms with Crippen LogP contribution < -0.4 is 5.32 Å². The molecule has 0 saturated carbocycles. The van der Waals surface area contributed by atoms with Crippen molar-refractivity contribution in [3.05, 3.63) is 27.8 Å². The summed E-state index contributed by atoms with van der Waals surface area (Å²) in [5, 5.41) is 3.63. The van der Waals surface area contributed by atoms with E-state index in [0.717, 1.165) is 19.6 Å². The number of terminal acetylenes is 1. The van der Waals surface area contributed by atoms with Crippen LogP contribution in [0.4, 0.5) is 5.69 Å². The van der Waals surface area contributed by atoms with E-state index in [9.17, 15) is 0 Å². The lowest BCUT2D eigenvalue weighted by Gasteiger charge is -2.31. The van der Waals surface area contributed by atoms with Crippen LogP contribution >= 0.6 is 22.6 Å². The lowest BCUT2D eigenvalue weighted by molar-refractivity contribution is 0.243. The number of likely N-dealkylation sites (tertiary alicyclic amines) is 1. The van der Waals surface area contributed by atoms with Crippen LogP contribution in [0.15, 0.2) is 24.3 Å². The second kappa shape index (κ2) is 6.27. The Hall–Kier alpha value is -0.730. The van der Waals surface area contributed by atoms with Gasteiger partial charge in [0.25, 0.3) is 0 Å². The third-order valence-electron chi connectivity index (χ3n) is 3.14. The summed E-state index contributed by atoms with van der Waals surface area (Å²) in [4.78, 5) is 2.34. The topological polar surface area (TPSA) is 15.3 Å². The van der Waals surface area contributed by atoms with Crippen LogP contribution in [0.2, 0.25) is 0 Å². The minimum atomic E-state index is 0.583. The van der Waals surface area contributed by atoms with Crippen molar-refractivity contribution in [2.75, 3.05) is 25.0 Å². The van der Waals surface area contributed by atoms with Crippen molar-refractivity contribution >= 4 is 28.3 Å². The molecule has 0 radical (unpaired) electrons. The van der Waals surface area contributed by atoms with Gasteiger partial charge in [-0.15, -0.1) is 6.42 Å². The molecule has 0 bridgehead atoms. The summed E-state index contributed by atoms with van der Waals surface area (Å²) in [6.07, 6.45) is 7.68. The van der Waals surface area contributed by atoms with E-state index >= 15 is 0 Å². The molecule has 1 aromatic rings. The first-order valence-electron chi connectivity index (χ1n) is 5.96. The van der Waals surface area contributed by atoms with Crippen LogP contribution in [0.3, 0.4) is 0 Å². The molecule has 0 atom stereocenters. The third kappa shape index (κ3) is 3.62. The van der Waals surface area contributed by atoms with Crippen molar-refractivity contribution in [3.8, 4) is 12.3 Å². The van der Waals surface area contributed by atoms with Gasteiger partial charge in [0, 0.05) is 28.4 Å². The third-order valence-corrected chi connectivity index (χ3v) is 4.08. The molecule has 2 rings (SSSR count). The largest absolute Gasteiger partial charge is 0.381 e. The Balaban J connectivity index is 1.86. The zero-order valence-corrected chi connectivity index (χ0v) is 12.0. The van der Waals surface area contributed by atoms with Crippen LogP contribution in [0.1, 0.15) is 12.8 Å². The van der Waals surface area contributed by atoms with Crippen molar-refractivity contribution in [2.24, 2.45) is 0 Å². The van der Waals surface area contributed by atoms with Crippen molar-refractivity contribution < 1.29 is 0 Å². The summed E-state index contributed by atoms with van der Waals surface area (Å²) in [5.41, 5.74) is 1.25. The SMILES string of the molecule is C#CCN1CCC(Nc2ccccc2I)CC1. The molecule has 1 N–H and O–H groups in total. The van der Waals surface area contributed by atoms with Crippen LogP contribution in [-0.4, -0.2) is 30.6 Å². The zero-order valence-electron chi connectivity index (χ0n) is 9.82. The number of rotatable bonds is 3. The zero-order chi connectivity index (χ0) is 12.1. The molecule has 1 aliphatic rings. The molecule has 0 aliphatic carbocycles. The molecule has 1 fully saturated rings. The Morgan fingerprint density at radius 3 is 2.71 bits per heavy atom. The minimum Gasteiger partial charge on any atom is -0.381 e. The smallest absolute Gasteiger partial charge is 0.0598 e. The van der Waals surface area contributed by atoms with Crippen molar-refractivity contribution in [1.82, 2.24) is 4.90 Å². The number of halogens is 1. The Bertz CT molecular complexity index is 403. The molecule has 0 unspecified atom stereocenters. The van der Waals surface area contributed by atoms with Gasteiger partial charge >= 0.3 is 0 Å². The van der Waals surface area contributed by atoms with Gasteiger partial charge in [-0.3, -0.25) is 4.90 Å². The van der Waals surface area contributed by atoms with E-state index in [1.165, 1.54) is 22.1 Å². The summed E-state index contributed by atoms with van der Waals surface area (Å²) >= 11 is 2.37. The van der Waals surface area contributed by atoms with Gasteiger partial charge < -0.3 is 5.32 Å². The van der Waals surface area contributed by atoms with E-state index in [1.54, 1.807) is 0 Å². The summed E-state index contributed by atoms with van der Waals surface area (Å²) in [6, 6.07) is 9.02. The van der Waals surface area contributed by atoms with Gasteiger partial charge in [0.2, 0.25) is 0 Å². The first-order valence-corrected chi connectivity index (χ1v) is 7.04. The molecular formula is C14H17IN2. The molecule has 0 aromatic heterocycles. The number of benzene rings is 1. The van der Waals surface area contributed by atoms with Gasteiger partial charge in [0.15, 0.2) is 0 Å². The summed E-state index contributed by atoms with van der Waals surface area (Å²) in [7, 11) is 0. The van der Waals surface area contributed by atoms with Gasteiger partial charge in [0.05, 0.1) is 6.54 Å². The molecule has 0 amide bonds. The normalized spacial score (nSPS) is 17.6. The molecule has 17 heavy (non-hydrogen) atoms. The van der Waals surface area contributed by atoms with E-state index in [-0.39, 0.29) is 0 Å². The van der Waals surface area contributed by atoms with Gasteiger partial charge in [0.1, 0.15) is 0 Å². The van der Waals surface area contributed by atoms with Crippen molar-refractivity contribution in [2.45, 2.75) is 18.9 Å². The summed E-state index contributed by atoms with van der Waals surface area (Å²) < 4.78 is 1.29. The maximum atomic E-state index is 5.33. The second-order valence-corrected chi connectivity index (χ2v) is 5.54. The highest BCUT2D eigenvalue weighted by atomic mass is 127. The van der Waals surface area contributed by atoms with E-state index in [0.29, 0.717) is 6.04 Å². The fourth-order valence-electron chi connectivity index (χ4n) is 2.16.